The van der Waals surface area contributed by atoms with E-state index in [1.807, 2.05) is 27.7 Å². The van der Waals surface area contributed by atoms with Gasteiger partial charge in [-0.2, -0.15) is 0 Å². The van der Waals surface area contributed by atoms with Crippen molar-refractivity contribution >= 4 is 27.5 Å². The molecule has 0 aliphatic heterocycles. The van der Waals surface area contributed by atoms with Crippen molar-refractivity contribution in [1.29, 1.82) is 0 Å². The predicted molar refractivity (Wildman–Crippen MR) is 78.5 cm³/mol. The fourth-order valence-corrected chi connectivity index (χ4v) is 2.28. The fraction of sp³-hybridized carbons (Fsp3) is 0.917. The van der Waals surface area contributed by atoms with E-state index in [2.05, 4.69) is 6.92 Å². The fourth-order valence-electron chi connectivity index (χ4n) is 1.65. The first kappa shape index (κ1) is 17.0. The zero-order valence-corrected chi connectivity index (χ0v) is 14.9. The summed E-state index contributed by atoms with van der Waals surface area (Å²) in [5, 5.41) is 0.452. The van der Waals surface area contributed by atoms with Gasteiger partial charge in [0.2, 0.25) is 0 Å². The molecule has 0 aliphatic rings. The van der Waals surface area contributed by atoms with Crippen molar-refractivity contribution in [3.63, 3.8) is 0 Å². The molecule has 0 fully saturated rings. The average molecular weight is 278 g/mol. The zero-order valence-electron chi connectivity index (χ0n) is 12.1. The Morgan fingerprint density at radius 2 is 1.53 bits per heavy atom. The van der Waals surface area contributed by atoms with E-state index < -0.39 is 5.97 Å². The van der Waals surface area contributed by atoms with Crippen molar-refractivity contribution in [2.45, 2.75) is 71.7 Å². The molecule has 1 unspecified atom stereocenters. The molecule has 0 aromatic heterocycles. The van der Waals surface area contributed by atoms with Crippen LogP contribution in [-0.4, -0.2) is 33.5 Å². The number of rotatable bonds is 7. The Bertz CT molecular complexity index is 215. The van der Waals surface area contributed by atoms with Crippen LogP contribution in [0, 0.1) is 0 Å². The van der Waals surface area contributed by atoms with E-state index in [9.17, 15) is 0 Å². The Kier molecular flexibility index (Phi) is 7.47. The van der Waals surface area contributed by atoms with E-state index in [-0.39, 0.29) is 12.2 Å². The van der Waals surface area contributed by atoms with Crippen molar-refractivity contribution in [3.8, 4) is 0 Å². The molecule has 0 heterocycles. The van der Waals surface area contributed by atoms with Gasteiger partial charge in [0.15, 0.2) is 5.05 Å². The lowest BCUT2D eigenvalue weighted by molar-refractivity contribution is -0.374. The highest BCUT2D eigenvalue weighted by molar-refractivity contribution is 7.80. The Morgan fingerprint density at radius 3 is 1.76 bits per heavy atom. The summed E-state index contributed by atoms with van der Waals surface area (Å²) in [4.78, 5) is 0. The predicted octanol–water partition coefficient (Wildman–Crippen LogP) is 2.42. The molecule has 0 N–H and O–H groups in total. The van der Waals surface area contributed by atoms with Crippen LogP contribution in [0.15, 0.2) is 0 Å². The van der Waals surface area contributed by atoms with Crippen LogP contribution in [0.4, 0.5) is 0 Å². The third-order valence-electron chi connectivity index (χ3n) is 1.79. The van der Waals surface area contributed by atoms with Crippen LogP contribution in [0.1, 0.15) is 48.0 Å². The third-order valence-corrected chi connectivity index (χ3v) is 2.28. The molecule has 0 radical (unpaired) electrons. The SMILES string of the molecule is CC(=S)OC(CC(C)[SiH3])(OC(C)C)OC(C)C. The molecule has 0 rings (SSSR count). The minimum absolute atomic E-state index is 0.0310. The molecule has 3 nitrogen and oxygen atoms in total. The second-order valence-corrected chi connectivity index (χ2v) is 7.75. The zero-order chi connectivity index (χ0) is 13.6. The van der Waals surface area contributed by atoms with Crippen LogP contribution in [-0.2, 0) is 14.2 Å². The van der Waals surface area contributed by atoms with Crippen LogP contribution in [0.2, 0.25) is 5.54 Å². The van der Waals surface area contributed by atoms with Gasteiger partial charge in [0.05, 0.1) is 12.2 Å². The highest BCUT2D eigenvalue weighted by Crippen LogP contribution is 2.29. The van der Waals surface area contributed by atoms with Crippen molar-refractivity contribution in [2.24, 2.45) is 0 Å². The lowest BCUT2D eigenvalue weighted by Gasteiger charge is -2.37. The van der Waals surface area contributed by atoms with Crippen molar-refractivity contribution < 1.29 is 14.2 Å². The molecular weight excluding hydrogens is 252 g/mol. The van der Waals surface area contributed by atoms with Gasteiger partial charge in [-0.3, -0.25) is 0 Å². The van der Waals surface area contributed by atoms with Crippen molar-refractivity contribution in [2.75, 3.05) is 0 Å². The lowest BCUT2D eigenvalue weighted by atomic mass is 10.2. The minimum atomic E-state index is -1.02. The molecule has 0 saturated carbocycles. The topological polar surface area (TPSA) is 27.7 Å². The van der Waals surface area contributed by atoms with E-state index in [4.69, 9.17) is 26.4 Å². The van der Waals surface area contributed by atoms with E-state index in [1.54, 1.807) is 6.92 Å². The number of thiocarbonyl (C=S) groups is 1. The van der Waals surface area contributed by atoms with E-state index in [0.717, 1.165) is 10.2 Å². The standard InChI is InChI=1S/C12H26O3SSi/c1-8(2)13-12(7-10(5)17,14-9(3)4)15-11(6)16/h8-10H,7H2,1-6,17H3. The van der Waals surface area contributed by atoms with Gasteiger partial charge in [-0.25, -0.2) is 0 Å². The summed E-state index contributed by atoms with van der Waals surface area (Å²) in [6.07, 6.45) is 0.774. The van der Waals surface area contributed by atoms with Crippen LogP contribution in [0.25, 0.3) is 0 Å². The third kappa shape index (κ3) is 7.86. The van der Waals surface area contributed by atoms with Gasteiger partial charge >= 0.3 is 5.97 Å². The molecule has 0 aliphatic carbocycles. The smallest absolute Gasteiger partial charge is 0.327 e. The van der Waals surface area contributed by atoms with Gasteiger partial charge in [0.25, 0.3) is 0 Å². The molecule has 5 heteroatoms. The van der Waals surface area contributed by atoms with Gasteiger partial charge in [0, 0.05) is 23.6 Å². The molecule has 0 aromatic carbocycles. The number of hydrogen-bond donors (Lipinski definition) is 0. The quantitative estimate of drug-likeness (QED) is 0.406. The van der Waals surface area contributed by atoms with Crippen LogP contribution in [0.5, 0.6) is 0 Å². The molecule has 0 aromatic rings. The first-order valence-corrected chi connectivity index (χ1v) is 7.78. The number of hydrogen-bond acceptors (Lipinski definition) is 4. The first-order chi connectivity index (χ1) is 7.67. The molecule has 1 atom stereocenters. The summed E-state index contributed by atoms with van der Waals surface area (Å²) >= 11 is 5.03. The van der Waals surface area contributed by atoms with Gasteiger partial charge in [-0.1, -0.05) is 6.92 Å². The van der Waals surface area contributed by atoms with Crippen molar-refractivity contribution in [1.82, 2.24) is 0 Å². The van der Waals surface area contributed by atoms with E-state index >= 15 is 0 Å². The summed E-state index contributed by atoms with van der Waals surface area (Å²) < 4.78 is 17.4. The van der Waals surface area contributed by atoms with Gasteiger partial charge in [-0.15, -0.1) is 0 Å². The Balaban J connectivity index is 4.96. The normalized spacial score (nSPS) is 14.4. The second kappa shape index (κ2) is 7.46. The van der Waals surface area contributed by atoms with Gasteiger partial charge < -0.3 is 14.2 Å². The van der Waals surface area contributed by atoms with Crippen LogP contribution in [0.3, 0.4) is 0 Å². The molecular formula is C12H26O3SSi. The highest BCUT2D eigenvalue weighted by atomic mass is 32.1. The van der Waals surface area contributed by atoms with Crippen LogP contribution < -0.4 is 0 Å². The Hall–Kier alpha value is 0.0269. The van der Waals surface area contributed by atoms with E-state index in [0.29, 0.717) is 17.0 Å². The Labute approximate surface area is 114 Å². The average Bonchev–Trinajstić information content (AvgIpc) is 1.95. The van der Waals surface area contributed by atoms with Crippen molar-refractivity contribution in [3.05, 3.63) is 0 Å². The molecule has 0 spiro atoms. The van der Waals surface area contributed by atoms with E-state index in [1.165, 1.54) is 0 Å². The number of ether oxygens (including phenoxy) is 3. The first-order valence-electron chi connectivity index (χ1n) is 6.22. The van der Waals surface area contributed by atoms with Gasteiger partial charge in [0.1, 0.15) is 0 Å². The maximum atomic E-state index is 5.86. The second-order valence-electron chi connectivity index (χ2n) is 5.21. The summed E-state index contributed by atoms with van der Waals surface area (Å²) in [6.45, 7) is 11.8. The van der Waals surface area contributed by atoms with Gasteiger partial charge in [-0.05, 0) is 45.5 Å². The summed E-state index contributed by atoms with van der Waals surface area (Å²) in [5.41, 5.74) is 0.529. The minimum Gasteiger partial charge on any atom is -0.432 e. The Morgan fingerprint density at radius 1 is 1.12 bits per heavy atom. The summed E-state index contributed by atoms with van der Waals surface area (Å²) in [6, 6.07) is 0. The largest absolute Gasteiger partial charge is 0.432 e. The van der Waals surface area contributed by atoms with Crippen LogP contribution >= 0.6 is 12.2 Å². The molecule has 0 bridgehead atoms. The summed E-state index contributed by atoms with van der Waals surface area (Å²) in [7, 11) is 1.07. The maximum Gasteiger partial charge on any atom is 0.327 e. The molecule has 17 heavy (non-hydrogen) atoms. The highest BCUT2D eigenvalue weighted by Gasteiger charge is 2.38. The monoisotopic (exact) mass is 278 g/mol. The summed E-state index contributed by atoms with van der Waals surface area (Å²) in [5.74, 6) is -1.02. The molecule has 0 saturated heterocycles. The molecule has 102 valence electrons. The lowest BCUT2D eigenvalue weighted by Crippen LogP contribution is -2.44. The molecule has 0 amide bonds. The maximum absolute atomic E-state index is 5.86.